The molecule has 1 aliphatic carbocycles. The summed E-state index contributed by atoms with van der Waals surface area (Å²) in [5, 5.41) is 0. The molecule has 6 nitrogen and oxygen atoms in total. The van der Waals surface area contributed by atoms with Crippen molar-refractivity contribution in [3.63, 3.8) is 0 Å². The zero-order valence-electron chi connectivity index (χ0n) is 18.2. The van der Waals surface area contributed by atoms with Gasteiger partial charge in [0.1, 0.15) is 11.6 Å². The van der Waals surface area contributed by atoms with Gasteiger partial charge in [-0.05, 0) is 58.8 Å². The Morgan fingerprint density at radius 1 is 1.03 bits per heavy atom. The van der Waals surface area contributed by atoms with Crippen LogP contribution in [0.25, 0.3) is 0 Å². The second-order valence-corrected chi connectivity index (χ2v) is 12.0. The normalized spacial score (nSPS) is 28.5. The average molecular weight is 457 g/mol. The molecule has 2 saturated heterocycles. The van der Waals surface area contributed by atoms with Crippen LogP contribution >= 0.6 is 0 Å². The Balaban J connectivity index is 1.37. The van der Waals surface area contributed by atoms with E-state index in [0.717, 1.165) is 29.9 Å². The molecule has 3 heterocycles. The molecule has 1 aromatic carbocycles. The lowest BCUT2D eigenvalue weighted by Gasteiger charge is -2.44. The highest BCUT2D eigenvalue weighted by atomic mass is 32.2. The molecule has 1 atom stereocenters. The first-order chi connectivity index (χ1) is 15.4. The van der Waals surface area contributed by atoms with Crippen LogP contribution in [0.15, 0.2) is 36.7 Å². The van der Waals surface area contributed by atoms with E-state index in [2.05, 4.69) is 20.7 Å². The maximum Gasteiger partial charge on any atom is 0.226 e. The maximum atomic E-state index is 13.6. The number of carbonyl (C=O) groups is 1. The minimum absolute atomic E-state index is 0.106. The molecular formula is C24H29FN4O2S. The number of benzene rings is 1. The van der Waals surface area contributed by atoms with Gasteiger partial charge in [0.2, 0.25) is 5.91 Å². The number of hydrogen-bond acceptors (Lipinski definition) is 5. The monoisotopic (exact) mass is 456 g/mol. The van der Waals surface area contributed by atoms with Gasteiger partial charge in [-0.25, -0.2) is 14.4 Å². The van der Waals surface area contributed by atoms with E-state index >= 15 is 0 Å². The zero-order valence-corrected chi connectivity index (χ0v) is 19.0. The Labute approximate surface area is 188 Å². The summed E-state index contributed by atoms with van der Waals surface area (Å²) in [6, 6.07) is 6.23. The molecular weight excluding hydrogens is 427 g/mol. The third-order valence-electron chi connectivity index (χ3n) is 6.91. The molecule has 3 fully saturated rings. The van der Waals surface area contributed by atoms with Crippen LogP contribution in [0.2, 0.25) is 0 Å². The summed E-state index contributed by atoms with van der Waals surface area (Å²) in [7, 11) is -2.04. The van der Waals surface area contributed by atoms with Crippen LogP contribution in [0.1, 0.15) is 49.0 Å². The van der Waals surface area contributed by atoms with Gasteiger partial charge in [0.05, 0.1) is 24.1 Å². The highest BCUT2D eigenvalue weighted by molar-refractivity contribution is 8.00. The van der Waals surface area contributed by atoms with Gasteiger partial charge in [-0.1, -0.05) is 12.1 Å². The van der Waals surface area contributed by atoms with Crippen LogP contribution in [0.3, 0.4) is 0 Å². The van der Waals surface area contributed by atoms with Crippen molar-refractivity contribution in [2.75, 3.05) is 36.0 Å². The first kappa shape index (κ1) is 21.4. The van der Waals surface area contributed by atoms with E-state index in [1.807, 2.05) is 17.3 Å². The second-order valence-electron chi connectivity index (χ2n) is 9.27. The smallest absolute Gasteiger partial charge is 0.226 e. The van der Waals surface area contributed by atoms with Gasteiger partial charge in [0, 0.05) is 43.0 Å². The van der Waals surface area contributed by atoms with Crippen LogP contribution in [-0.4, -0.2) is 62.0 Å². The largest absolute Gasteiger partial charge is 0.365 e. The molecule has 0 bridgehead atoms. The Bertz CT molecular complexity index is 1070. The number of hydrogen-bond donors (Lipinski definition) is 0. The van der Waals surface area contributed by atoms with E-state index in [1.165, 1.54) is 12.1 Å². The van der Waals surface area contributed by atoms with Crippen molar-refractivity contribution < 1.29 is 13.4 Å². The van der Waals surface area contributed by atoms with Gasteiger partial charge in [-0.2, -0.15) is 0 Å². The van der Waals surface area contributed by atoms with E-state index in [-0.39, 0.29) is 23.7 Å². The summed E-state index contributed by atoms with van der Waals surface area (Å²) in [6.07, 6.45) is 7.33. The third-order valence-corrected chi connectivity index (χ3v) is 8.87. The highest BCUT2D eigenvalue weighted by Crippen LogP contribution is 2.38. The fraction of sp³-hybridized carbons (Fsp3) is 0.500. The molecule has 2 aromatic rings. The van der Waals surface area contributed by atoms with Gasteiger partial charge in [0.25, 0.3) is 0 Å². The zero-order chi connectivity index (χ0) is 22.3. The lowest BCUT2D eigenvalue weighted by Crippen LogP contribution is -2.53. The number of halogens is 1. The van der Waals surface area contributed by atoms with Crippen molar-refractivity contribution in [3.8, 4) is 0 Å². The van der Waals surface area contributed by atoms with Gasteiger partial charge < -0.3 is 9.80 Å². The quantitative estimate of drug-likeness (QED) is 0.662. The highest BCUT2D eigenvalue weighted by Gasteiger charge is 2.37. The fourth-order valence-electron chi connectivity index (χ4n) is 4.74. The van der Waals surface area contributed by atoms with Crippen LogP contribution in [0, 0.1) is 11.7 Å². The molecule has 32 heavy (non-hydrogen) atoms. The molecule has 0 spiro atoms. The van der Waals surface area contributed by atoms with Gasteiger partial charge in [0.15, 0.2) is 0 Å². The standard InChI is InChI=1S/C24H29FN4O2S/c1-32(31)12-8-19(9-13-32)24(30)29-11-10-28(16-22(29)17-4-6-20(25)7-5-17)21-14-26-23(27-15-21)18-2-3-18/h4-7,14-15,18-19,22H,1-3,8-13,16H2. The van der Waals surface area contributed by atoms with Crippen LogP contribution in [0.4, 0.5) is 10.1 Å². The SMILES string of the molecule is C=S1(=O)CCC(C(=O)N2CCN(c3cnc(C4CC4)nc3)CC2c2ccc(F)cc2)CC1. The van der Waals surface area contributed by atoms with Crippen molar-refractivity contribution in [2.24, 2.45) is 5.92 Å². The van der Waals surface area contributed by atoms with Crippen molar-refractivity contribution in [3.05, 3.63) is 53.9 Å². The third kappa shape index (κ3) is 4.51. The maximum absolute atomic E-state index is 13.6. The molecule has 5 rings (SSSR count). The molecule has 1 saturated carbocycles. The summed E-state index contributed by atoms with van der Waals surface area (Å²) in [5.41, 5.74) is 1.86. The van der Waals surface area contributed by atoms with Gasteiger partial charge in [-0.3, -0.25) is 9.00 Å². The van der Waals surface area contributed by atoms with E-state index in [4.69, 9.17) is 0 Å². The Kier molecular flexibility index (Phi) is 5.65. The summed E-state index contributed by atoms with van der Waals surface area (Å²) in [6.45, 7) is 1.86. The summed E-state index contributed by atoms with van der Waals surface area (Å²) >= 11 is 0. The molecule has 8 heteroatoms. The summed E-state index contributed by atoms with van der Waals surface area (Å²) in [5.74, 6) is 5.95. The number of amides is 1. The van der Waals surface area contributed by atoms with E-state index in [0.29, 0.717) is 49.9 Å². The van der Waals surface area contributed by atoms with Crippen molar-refractivity contribution in [1.82, 2.24) is 14.9 Å². The van der Waals surface area contributed by atoms with Crippen molar-refractivity contribution in [2.45, 2.75) is 37.6 Å². The molecule has 1 aromatic heterocycles. The average Bonchev–Trinajstić information content (AvgIpc) is 3.65. The predicted octanol–water partition coefficient (Wildman–Crippen LogP) is 3.01. The molecule has 170 valence electrons. The van der Waals surface area contributed by atoms with E-state index < -0.39 is 9.52 Å². The van der Waals surface area contributed by atoms with E-state index in [9.17, 15) is 13.4 Å². The lowest BCUT2D eigenvalue weighted by molar-refractivity contribution is -0.138. The van der Waals surface area contributed by atoms with Gasteiger partial charge >= 0.3 is 0 Å². The van der Waals surface area contributed by atoms with Crippen LogP contribution in [-0.2, 0) is 14.3 Å². The minimum Gasteiger partial charge on any atom is -0.365 e. The summed E-state index contributed by atoms with van der Waals surface area (Å²) in [4.78, 5) is 26.7. The van der Waals surface area contributed by atoms with Crippen molar-refractivity contribution in [1.29, 1.82) is 0 Å². The van der Waals surface area contributed by atoms with Crippen molar-refractivity contribution >= 4 is 27.0 Å². The summed E-state index contributed by atoms with van der Waals surface area (Å²) < 4.78 is 25.8. The first-order valence-electron chi connectivity index (χ1n) is 11.3. The number of carbonyl (C=O) groups excluding carboxylic acids is 1. The molecule has 0 N–H and O–H groups in total. The minimum atomic E-state index is -2.04. The number of nitrogens with zero attached hydrogens (tertiary/aromatic N) is 4. The first-order valence-corrected chi connectivity index (χ1v) is 13.4. The Morgan fingerprint density at radius 2 is 1.69 bits per heavy atom. The molecule has 3 aliphatic rings. The van der Waals surface area contributed by atoms with Crippen LogP contribution in [0.5, 0.6) is 0 Å². The number of anilines is 1. The van der Waals surface area contributed by atoms with E-state index in [1.54, 1.807) is 12.1 Å². The Hall–Kier alpha value is -2.48. The molecule has 1 unspecified atom stereocenters. The predicted molar refractivity (Wildman–Crippen MR) is 125 cm³/mol. The molecule has 2 aliphatic heterocycles. The second kappa shape index (κ2) is 8.46. The number of rotatable bonds is 4. The van der Waals surface area contributed by atoms with Gasteiger partial charge in [-0.15, -0.1) is 0 Å². The lowest BCUT2D eigenvalue weighted by atomic mass is 9.96. The number of piperazine rings is 1. The Morgan fingerprint density at radius 3 is 2.31 bits per heavy atom. The molecule has 1 amide bonds. The fourth-order valence-corrected chi connectivity index (χ4v) is 6.37. The molecule has 0 radical (unpaired) electrons. The number of aromatic nitrogens is 2. The topological polar surface area (TPSA) is 66.4 Å². The van der Waals surface area contributed by atoms with Crippen LogP contribution < -0.4 is 4.90 Å².